The maximum atomic E-state index is 6.61. The number of benzene rings is 6. The molecule has 0 fully saturated rings. The van der Waals surface area contributed by atoms with E-state index >= 15 is 0 Å². The van der Waals surface area contributed by atoms with Gasteiger partial charge in [0.05, 0.1) is 16.4 Å². The summed E-state index contributed by atoms with van der Waals surface area (Å²) < 4.78 is 11.7. The molecule has 5 heterocycles. The second kappa shape index (κ2) is 6.49. The number of para-hydroxylation sites is 4. The first-order valence-corrected chi connectivity index (χ1v) is 13.9. The molecule has 0 bridgehead atoms. The van der Waals surface area contributed by atoms with Gasteiger partial charge in [-0.2, -0.15) is 0 Å². The summed E-state index contributed by atoms with van der Waals surface area (Å²) in [6.07, 6.45) is 0. The molecule has 0 spiro atoms. The van der Waals surface area contributed by atoms with Gasteiger partial charge in [-0.1, -0.05) is 84.9 Å². The summed E-state index contributed by atoms with van der Waals surface area (Å²) in [4.78, 5) is 0. The summed E-state index contributed by atoms with van der Waals surface area (Å²) in [6, 6.07) is 42.3. The Morgan fingerprint density at radius 1 is 0.525 bits per heavy atom. The summed E-state index contributed by atoms with van der Waals surface area (Å²) in [5.74, 6) is 0. The summed E-state index contributed by atoms with van der Waals surface area (Å²) in [7, 11) is 0. The van der Waals surface area contributed by atoms with Gasteiger partial charge in [-0.05, 0) is 46.8 Å². The SMILES string of the molecule is c1ccc2c(c1)B1c3c(ccc4c5c6oc7ccccc7c6ccc5n-2c34)-c2cccc3c4ccccc4n1c23. The summed E-state index contributed by atoms with van der Waals surface area (Å²) >= 11 is 0. The maximum absolute atomic E-state index is 6.61. The highest BCUT2D eigenvalue weighted by atomic mass is 16.3. The lowest BCUT2D eigenvalue weighted by Crippen LogP contribution is -2.55. The van der Waals surface area contributed by atoms with Crippen LogP contribution >= 0.6 is 0 Å². The standard InChI is InChI=1S/C36H19BN2O/c1-4-13-28-20(8-1)23-10-7-11-24-22-16-17-26-32-30(19-18-25-21-9-2-6-15-31(21)40-36(25)32)38-29-14-5-3-12-27(29)37(33(22)35(26)38)39(28)34(23)24/h1-19H. The molecule has 3 nitrogen and oxygen atoms in total. The zero-order chi connectivity index (χ0) is 25.7. The topological polar surface area (TPSA) is 23.0 Å². The van der Waals surface area contributed by atoms with Crippen LogP contribution in [0.5, 0.6) is 0 Å². The minimum Gasteiger partial charge on any atom is -0.455 e. The van der Waals surface area contributed by atoms with Gasteiger partial charge in [0.2, 0.25) is 0 Å². The van der Waals surface area contributed by atoms with E-state index in [1.807, 2.05) is 0 Å². The highest BCUT2D eigenvalue weighted by Gasteiger charge is 2.41. The van der Waals surface area contributed by atoms with Crippen LogP contribution in [-0.2, 0) is 0 Å². The van der Waals surface area contributed by atoms with Gasteiger partial charge < -0.3 is 13.5 Å². The monoisotopic (exact) mass is 506 g/mol. The van der Waals surface area contributed by atoms with Gasteiger partial charge in [0.25, 0.3) is 0 Å². The number of nitrogens with zero attached hydrogens (tertiary/aromatic N) is 2. The van der Waals surface area contributed by atoms with Crippen molar-refractivity contribution in [2.24, 2.45) is 0 Å². The maximum Gasteiger partial charge on any atom is 0.333 e. The zero-order valence-electron chi connectivity index (χ0n) is 21.3. The lowest BCUT2D eigenvalue weighted by atomic mass is 9.45. The van der Waals surface area contributed by atoms with Crippen LogP contribution in [-0.4, -0.2) is 15.9 Å². The van der Waals surface area contributed by atoms with Crippen LogP contribution in [0.3, 0.4) is 0 Å². The van der Waals surface area contributed by atoms with Crippen LogP contribution in [0.25, 0.3) is 82.4 Å². The van der Waals surface area contributed by atoms with Crippen molar-refractivity contribution in [3.8, 4) is 16.8 Å². The molecule has 0 unspecified atom stereocenters. The van der Waals surface area contributed by atoms with Crippen molar-refractivity contribution in [2.45, 2.75) is 0 Å². The van der Waals surface area contributed by atoms with Gasteiger partial charge in [0.1, 0.15) is 11.2 Å². The smallest absolute Gasteiger partial charge is 0.333 e. The van der Waals surface area contributed by atoms with Crippen molar-refractivity contribution in [3.63, 3.8) is 0 Å². The Morgan fingerprint density at radius 2 is 1.32 bits per heavy atom. The molecule has 0 saturated heterocycles. The molecule has 40 heavy (non-hydrogen) atoms. The first-order valence-electron chi connectivity index (χ1n) is 13.9. The lowest BCUT2D eigenvalue weighted by molar-refractivity contribution is 0.673. The average Bonchev–Trinajstić information content (AvgIpc) is 3.67. The summed E-state index contributed by atoms with van der Waals surface area (Å²) in [5.41, 5.74) is 13.6. The highest BCUT2D eigenvalue weighted by Crippen LogP contribution is 2.45. The Kier molecular flexibility index (Phi) is 3.21. The molecular formula is C36H19BN2O. The van der Waals surface area contributed by atoms with Gasteiger partial charge in [-0.3, -0.25) is 0 Å². The van der Waals surface area contributed by atoms with Crippen molar-refractivity contribution in [1.82, 2.24) is 9.05 Å². The van der Waals surface area contributed by atoms with Crippen LogP contribution in [0.1, 0.15) is 0 Å². The van der Waals surface area contributed by atoms with Gasteiger partial charge in [-0.15, -0.1) is 0 Å². The molecule has 0 N–H and O–H groups in total. The van der Waals surface area contributed by atoms with Crippen LogP contribution in [0.4, 0.5) is 0 Å². The highest BCUT2D eigenvalue weighted by molar-refractivity contribution is 6.90. The normalized spacial score (nSPS) is 13.4. The number of fused-ring (bicyclic) bond motifs is 15. The molecule has 2 aliphatic heterocycles. The molecule has 0 aliphatic carbocycles. The van der Waals surface area contributed by atoms with Crippen molar-refractivity contribution < 1.29 is 4.42 Å². The van der Waals surface area contributed by atoms with Crippen molar-refractivity contribution >= 4 is 83.3 Å². The van der Waals surface area contributed by atoms with Crippen molar-refractivity contribution in [3.05, 3.63) is 115 Å². The van der Waals surface area contributed by atoms with Gasteiger partial charge in [0, 0.05) is 49.2 Å². The average molecular weight is 506 g/mol. The molecule has 9 aromatic rings. The molecule has 3 aromatic heterocycles. The Morgan fingerprint density at radius 3 is 2.30 bits per heavy atom. The van der Waals surface area contributed by atoms with E-state index in [9.17, 15) is 0 Å². The molecular weight excluding hydrogens is 487 g/mol. The molecule has 0 radical (unpaired) electrons. The third-order valence-corrected chi connectivity index (χ3v) is 9.50. The predicted molar refractivity (Wildman–Crippen MR) is 167 cm³/mol. The molecule has 0 saturated carbocycles. The third-order valence-electron chi connectivity index (χ3n) is 9.50. The molecule has 0 atom stereocenters. The second-order valence-electron chi connectivity index (χ2n) is 11.2. The van der Waals surface area contributed by atoms with Crippen LogP contribution in [0.2, 0.25) is 0 Å². The molecule has 2 aliphatic rings. The number of hydrogen-bond donors (Lipinski definition) is 0. The van der Waals surface area contributed by atoms with Gasteiger partial charge in [-0.25, -0.2) is 0 Å². The van der Waals surface area contributed by atoms with Crippen LogP contribution in [0, 0.1) is 0 Å². The van der Waals surface area contributed by atoms with E-state index in [0.717, 1.165) is 11.2 Å². The van der Waals surface area contributed by atoms with Crippen molar-refractivity contribution in [1.29, 1.82) is 0 Å². The van der Waals surface area contributed by atoms with E-state index in [0.29, 0.717) is 0 Å². The van der Waals surface area contributed by atoms with E-state index in [1.165, 1.54) is 82.1 Å². The Bertz CT molecular complexity index is 2610. The van der Waals surface area contributed by atoms with E-state index in [1.54, 1.807) is 0 Å². The number of furan rings is 1. The lowest BCUT2D eigenvalue weighted by Gasteiger charge is -2.33. The fraction of sp³-hybridized carbons (Fsp3) is 0. The number of aromatic nitrogens is 2. The number of rotatable bonds is 0. The van der Waals surface area contributed by atoms with E-state index in [-0.39, 0.29) is 6.85 Å². The first kappa shape index (κ1) is 19.8. The largest absolute Gasteiger partial charge is 0.455 e. The van der Waals surface area contributed by atoms with E-state index < -0.39 is 0 Å². The molecule has 6 aromatic carbocycles. The Labute approximate surface area is 228 Å². The fourth-order valence-electron chi connectivity index (χ4n) is 8.04. The van der Waals surface area contributed by atoms with Gasteiger partial charge >= 0.3 is 6.85 Å². The molecule has 4 heteroatoms. The summed E-state index contributed by atoms with van der Waals surface area (Å²) in [5, 5.41) is 7.43. The first-order chi connectivity index (χ1) is 19.9. The Hall–Kier alpha value is -5.22. The van der Waals surface area contributed by atoms with E-state index in [2.05, 4.69) is 124 Å². The molecule has 0 amide bonds. The van der Waals surface area contributed by atoms with E-state index in [4.69, 9.17) is 4.42 Å². The second-order valence-corrected chi connectivity index (χ2v) is 11.2. The zero-order valence-corrected chi connectivity index (χ0v) is 21.3. The van der Waals surface area contributed by atoms with Crippen LogP contribution in [0.15, 0.2) is 120 Å². The predicted octanol–water partition coefficient (Wildman–Crippen LogP) is 7.74. The summed E-state index contributed by atoms with van der Waals surface area (Å²) in [6.45, 7) is 0.0928. The van der Waals surface area contributed by atoms with Crippen molar-refractivity contribution in [2.75, 3.05) is 0 Å². The minimum absolute atomic E-state index is 0.0928. The van der Waals surface area contributed by atoms with Crippen LogP contribution < -0.4 is 10.9 Å². The molecule has 182 valence electrons. The Balaban J connectivity index is 1.42. The van der Waals surface area contributed by atoms with Gasteiger partial charge in [0.15, 0.2) is 0 Å². The minimum atomic E-state index is 0.0928. The molecule has 11 rings (SSSR count). The fourth-order valence-corrected chi connectivity index (χ4v) is 8.04. The number of hydrogen-bond acceptors (Lipinski definition) is 1. The quantitative estimate of drug-likeness (QED) is 0.193. The third kappa shape index (κ3) is 2.03.